The van der Waals surface area contributed by atoms with Crippen LogP contribution in [0.1, 0.15) is 43.6 Å². The molecule has 2 aromatic rings. The summed E-state index contributed by atoms with van der Waals surface area (Å²) in [5, 5.41) is 7.39. The van der Waals surface area contributed by atoms with Crippen LogP contribution in [0.15, 0.2) is 30.3 Å². The zero-order valence-corrected chi connectivity index (χ0v) is 13.7. The number of hydrogen-bond acceptors (Lipinski definition) is 4. The molecule has 1 aliphatic heterocycles. The van der Waals surface area contributed by atoms with E-state index in [0.29, 0.717) is 13.0 Å². The molecule has 23 heavy (non-hydrogen) atoms. The van der Waals surface area contributed by atoms with Gasteiger partial charge in [0.1, 0.15) is 5.82 Å². The predicted molar refractivity (Wildman–Crippen MR) is 86.6 cm³/mol. The van der Waals surface area contributed by atoms with Crippen LogP contribution in [0.4, 0.5) is 0 Å². The van der Waals surface area contributed by atoms with Crippen LogP contribution in [-0.4, -0.2) is 38.9 Å². The van der Waals surface area contributed by atoms with Gasteiger partial charge in [0.15, 0.2) is 0 Å². The molecule has 1 aromatic carbocycles. The third-order valence-electron chi connectivity index (χ3n) is 4.22. The van der Waals surface area contributed by atoms with Crippen molar-refractivity contribution in [3.05, 3.63) is 42.0 Å². The second kappa shape index (κ2) is 6.12. The molecule has 1 unspecified atom stereocenters. The van der Waals surface area contributed by atoms with E-state index in [-0.39, 0.29) is 23.4 Å². The van der Waals surface area contributed by atoms with Crippen LogP contribution in [0.2, 0.25) is 0 Å². The third-order valence-corrected chi connectivity index (χ3v) is 4.22. The van der Waals surface area contributed by atoms with E-state index in [1.807, 2.05) is 51.1 Å². The topological polar surface area (TPSA) is 69.0 Å². The molecule has 0 radical (unpaired) electrons. The zero-order valence-electron chi connectivity index (χ0n) is 13.7. The normalized spacial score (nSPS) is 19.7. The molecule has 6 heteroatoms. The molecule has 1 aliphatic rings. The zero-order chi connectivity index (χ0) is 16.4. The van der Waals surface area contributed by atoms with Crippen molar-refractivity contribution in [1.82, 2.24) is 20.1 Å². The van der Waals surface area contributed by atoms with Crippen LogP contribution < -0.4 is 5.32 Å². The molecule has 122 valence electrons. The van der Waals surface area contributed by atoms with Crippen molar-refractivity contribution in [1.29, 1.82) is 0 Å². The average Bonchev–Trinajstić information content (AvgIpc) is 3.12. The Hall–Kier alpha value is -2.21. The lowest BCUT2D eigenvalue weighted by Gasteiger charge is -2.25. The number of aryl methyl sites for hydroxylation is 1. The standard InChI is InChI=1S/C17H22N4O2/c1-4-14-19-15(20-21(14)12-8-6-5-7-9-12)16(22)18-13-10-11-23-17(13,2)3/h5-9,13H,4,10-11H2,1-3H3,(H,18,22). The summed E-state index contributed by atoms with van der Waals surface area (Å²) in [6, 6.07) is 9.70. The van der Waals surface area contributed by atoms with Crippen molar-refractivity contribution >= 4 is 5.91 Å². The van der Waals surface area contributed by atoms with Gasteiger partial charge in [-0.2, -0.15) is 0 Å². The van der Waals surface area contributed by atoms with Crippen LogP contribution >= 0.6 is 0 Å². The van der Waals surface area contributed by atoms with Crippen LogP contribution in [0.25, 0.3) is 5.69 Å². The Kier molecular flexibility index (Phi) is 4.17. The minimum atomic E-state index is -0.356. The third kappa shape index (κ3) is 3.12. The minimum absolute atomic E-state index is 0.0243. The van der Waals surface area contributed by atoms with Crippen molar-refractivity contribution in [2.45, 2.75) is 45.3 Å². The van der Waals surface area contributed by atoms with E-state index in [2.05, 4.69) is 15.4 Å². The molecule has 3 rings (SSSR count). The molecule has 1 fully saturated rings. The summed E-state index contributed by atoms with van der Waals surface area (Å²) in [7, 11) is 0. The molecule has 2 heterocycles. The highest BCUT2D eigenvalue weighted by molar-refractivity contribution is 5.90. The van der Waals surface area contributed by atoms with Crippen LogP contribution in [0.3, 0.4) is 0 Å². The molecule has 0 spiro atoms. The molecular formula is C17H22N4O2. The number of carbonyl (C=O) groups excluding carboxylic acids is 1. The number of benzene rings is 1. The Bertz CT molecular complexity index is 694. The van der Waals surface area contributed by atoms with E-state index in [4.69, 9.17) is 4.74 Å². The highest BCUT2D eigenvalue weighted by atomic mass is 16.5. The van der Waals surface area contributed by atoms with Gasteiger partial charge in [-0.1, -0.05) is 25.1 Å². The van der Waals surface area contributed by atoms with Gasteiger partial charge in [-0.05, 0) is 32.4 Å². The van der Waals surface area contributed by atoms with Gasteiger partial charge in [-0.15, -0.1) is 5.10 Å². The number of rotatable bonds is 4. The summed E-state index contributed by atoms with van der Waals surface area (Å²) in [6.07, 6.45) is 1.51. The number of nitrogens with zero attached hydrogens (tertiary/aromatic N) is 3. The van der Waals surface area contributed by atoms with Gasteiger partial charge >= 0.3 is 0 Å². The van der Waals surface area contributed by atoms with Gasteiger partial charge in [-0.3, -0.25) is 4.79 Å². The largest absolute Gasteiger partial charge is 0.373 e. The van der Waals surface area contributed by atoms with Crippen LogP contribution in [-0.2, 0) is 11.2 Å². The predicted octanol–water partition coefficient (Wildman–Crippen LogP) is 2.13. The molecule has 0 saturated carbocycles. The Morgan fingerprint density at radius 3 is 2.74 bits per heavy atom. The smallest absolute Gasteiger partial charge is 0.291 e. The lowest BCUT2D eigenvalue weighted by atomic mass is 9.99. The maximum Gasteiger partial charge on any atom is 0.291 e. The van der Waals surface area contributed by atoms with Crippen molar-refractivity contribution in [2.75, 3.05) is 6.61 Å². The SMILES string of the molecule is CCc1nc(C(=O)NC2CCOC2(C)C)nn1-c1ccccc1. The van der Waals surface area contributed by atoms with Crippen molar-refractivity contribution < 1.29 is 9.53 Å². The maximum atomic E-state index is 12.5. The number of hydrogen-bond donors (Lipinski definition) is 1. The fraction of sp³-hybridized carbons (Fsp3) is 0.471. The summed E-state index contributed by atoms with van der Waals surface area (Å²) < 4.78 is 7.38. The van der Waals surface area contributed by atoms with E-state index in [0.717, 1.165) is 17.9 Å². The number of ether oxygens (including phenoxy) is 1. The molecule has 0 aliphatic carbocycles. The second-order valence-corrected chi connectivity index (χ2v) is 6.22. The average molecular weight is 314 g/mol. The second-order valence-electron chi connectivity index (χ2n) is 6.22. The van der Waals surface area contributed by atoms with Gasteiger partial charge in [0.25, 0.3) is 5.91 Å². The first-order valence-corrected chi connectivity index (χ1v) is 7.97. The maximum absolute atomic E-state index is 12.5. The summed E-state index contributed by atoms with van der Waals surface area (Å²) in [5.41, 5.74) is 0.547. The van der Waals surface area contributed by atoms with Gasteiger partial charge in [0.05, 0.1) is 17.3 Å². The molecule has 1 amide bonds. The summed E-state index contributed by atoms with van der Waals surface area (Å²) in [6.45, 7) is 6.62. The van der Waals surface area contributed by atoms with Crippen molar-refractivity contribution in [3.8, 4) is 5.69 Å². The number of carbonyl (C=O) groups is 1. The molecule has 6 nitrogen and oxygen atoms in total. The van der Waals surface area contributed by atoms with Crippen molar-refractivity contribution in [2.24, 2.45) is 0 Å². The Morgan fingerprint density at radius 2 is 2.13 bits per heavy atom. The number of nitrogens with one attached hydrogen (secondary N) is 1. The van der Waals surface area contributed by atoms with E-state index < -0.39 is 0 Å². The van der Waals surface area contributed by atoms with Crippen molar-refractivity contribution in [3.63, 3.8) is 0 Å². The van der Waals surface area contributed by atoms with E-state index in [1.54, 1.807) is 4.68 Å². The van der Waals surface area contributed by atoms with Crippen LogP contribution in [0, 0.1) is 0 Å². The molecular weight excluding hydrogens is 292 g/mol. The lowest BCUT2D eigenvalue weighted by molar-refractivity contribution is 0.0211. The first kappa shape index (κ1) is 15.7. The van der Waals surface area contributed by atoms with E-state index >= 15 is 0 Å². The van der Waals surface area contributed by atoms with Crippen LogP contribution in [0.5, 0.6) is 0 Å². The highest BCUT2D eigenvalue weighted by Gasteiger charge is 2.37. The fourth-order valence-electron chi connectivity index (χ4n) is 2.80. The molecule has 1 atom stereocenters. The minimum Gasteiger partial charge on any atom is -0.373 e. The fourth-order valence-corrected chi connectivity index (χ4v) is 2.80. The first-order valence-electron chi connectivity index (χ1n) is 7.97. The van der Waals surface area contributed by atoms with Gasteiger partial charge in [-0.25, -0.2) is 9.67 Å². The Morgan fingerprint density at radius 1 is 1.39 bits per heavy atom. The highest BCUT2D eigenvalue weighted by Crippen LogP contribution is 2.25. The summed E-state index contributed by atoms with van der Waals surface area (Å²) in [5.74, 6) is 0.717. The lowest BCUT2D eigenvalue weighted by Crippen LogP contribution is -2.46. The van der Waals surface area contributed by atoms with Gasteiger partial charge in [0.2, 0.25) is 5.82 Å². The summed E-state index contributed by atoms with van der Waals surface area (Å²) >= 11 is 0. The number of amides is 1. The van der Waals surface area contributed by atoms with E-state index in [1.165, 1.54) is 0 Å². The summed E-state index contributed by atoms with van der Waals surface area (Å²) in [4.78, 5) is 16.9. The van der Waals surface area contributed by atoms with Gasteiger partial charge < -0.3 is 10.1 Å². The Balaban J connectivity index is 1.83. The molecule has 1 N–H and O–H groups in total. The number of aromatic nitrogens is 3. The first-order chi connectivity index (χ1) is 11.0. The molecule has 1 aromatic heterocycles. The molecule has 1 saturated heterocycles. The number of para-hydroxylation sites is 1. The Labute approximate surface area is 135 Å². The molecule has 0 bridgehead atoms. The van der Waals surface area contributed by atoms with E-state index in [9.17, 15) is 4.79 Å². The van der Waals surface area contributed by atoms with Gasteiger partial charge in [0, 0.05) is 13.0 Å². The quantitative estimate of drug-likeness (QED) is 0.938. The monoisotopic (exact) mass is 314 g/mol.